The molecule has 0 aromatic heterocycles. The number of carbonyl (C=O) groups excluding carboxylic acids is 1. The summed E-state index contributed by atoms with van der Waals surface area (Å²) in [6, 6.07) is 15.4. The minimum Gasteiger partial charge on any atom is -0.489 e. The van der Waals surface area contributed by atoms with Crippen LogP contribution in [0.4, 0.5) is 0 Å². The summed E-state index contributed by atoms with van der Waals surface area (Å²) in [4.78, 5) is 14.8. The van der Waals surface area contributed by atoms with Crippen LogP contribution in [0, 0.1) is 12.8 Å². The molecular weight excluding hydrogens is 388 g/mol. The van der Waals surface area contributed by atoms with E-state index in [0.717, 1.165) is 24.7 Å². The molecule has 0 saturated carbocycles. The Morgan fingerprint density at radius 1 is 1.21 bits per heavy atom. The van der Waals surface area contributed by atoms with Crippen molar-refractivity contribution in [1.29, 1.82) is 0 Å². The first-order valence-corrected chi connectivity index (χ1v) is 11.7. The molecule has 3 rings (SSSR count). The quantitative estimate of drug-likeness (QED) is 0.753. The van der Waals surface area contributed by atoms with Gasteiger partial charge in [0.1, 0.15) is 12.4 Å². The van der Waals surface area contributed by atoms with E-state index < -0.39 is 10.0 Å². The molecule has 1 fully saturated rings. The number of piperidine rings is 1. The van der Waals surface area contributed by atoms with E-state index in [9.17, 15) is 13.2 Å². The highest BCUT2D eigenvalue weighted by Gasteiger charge is 2.25. The van der Waals surface area contributed by atoms with Crippen molar-refractivity contribution in [3.8, 4) is 5.75 Å². The topological polar surface area (TPSA) is 75.7 Å². The van der Waals surface area contributed by atoms with Crippen LogP contribution in [0.25, 0.3) is 0 Å². The highest BCUT2D eigenvalue weighted by Crippen LogP contribution is 2.21. The van der Waals surface area contributed by atoms with E-state index in [1.165, 1.54) is 5.56 Å². The number of amides is 1. The zero-order chi connectivity index (χ0) is 20.9. The van der Waals surface area contributed by atoms with Gasteiger partial charge in [-0.1, -0.05) is 35.9 Å². The largest absolute Gasteiger partial charge is 0.489 e. The second-order valence-electron chi connectivity index (χ2n) is 7.69. The second kappa shape index (κ2) is 9.41. The van der Waals surface area contributed by atoms with Crippen LogP contribution in [0.1, 0.15) is 34.3 Å². The predicted molar refractivity (Wildman–Crippen MR) is 113 cm³/mol. The number of benzene rings is 2. The molecule has 156 valence electrons. The number of likely N-dealkylation sites (tertiary alicyclic amines) is 1. The molecule has 1 unspecified atom stereocenters. The van der Waals surface area contributed by atoms with Gasteiger partial charge in [0.25, 0.3) is 5.91 Å². The van der Waals surface area contributed by atoms with Gasteiger partial charge in [0, 0.05) is 25.2 Å². The van der Waals surface area contributed by atoms with Crippen LogP contribution in [0.15, 0.2) is 48.5 Å². The van der Waals surface area contributed by atoms with Gasteiger partial charge in [-0.3, -0.25) is 4.79 Å². The lowest BCUT2D eigenvalue weighted by atomic mass is 9.97. The predicted octanol–water partition coefficient (Wildman–Crippen LogP) is 2.98. The second-order valence-corrected chi connectivity index (χ2v) is 9.52. The summed E-state index contributed by atoms with van der Waals surface area (Å²) in [6.45, 7) is 4.09. The fourth-order valence-electron chi connectivity index (χ4n) is 3.56. The van der Waals surface area contributed by atoms with E-state index in [4.69, 9.17) is 4.74 Å². The van der Waals surface area contributed by atoms with Gasteiger partial charge in [0.05, 0.1) is 6.26 Å². The smallest absolute Gasteiger partial charge is 0.253 e. The standard InChI is InChI=1S/C22H28N2O4S/c1-17-6-3-7-18(12-17)16-28-21-10-4-9-20(13-21)22(25)24-11-5-8-19(15-24)14-23-29(2,26)27/h3-4,6-7,9-10,12-13,19,23H,5,8,11,14-16H2,1-2H3. The van der Waals surface area contributed by atoms with Crippen molar-refractivity contribution in [1.82, 2.24) is 9.62 Å². The van der Waals surface area contributed by atoms with Crippen LogP contribution in [0.5, 0.6) is 5.75 Å². The third kappa shape index (κ3) is 6.58. The molecule has 1 aliphatic rings. The molecule has 1 N–H and O–H groups in total. The van der Waals surface area contributed by atoms with E-state index >= 15 is 0 Å². The van der Waals surface area contributed by atoms with Crippen molar-refractivity contribution in [2.45, 2.75) is 26.4 Å². The normalized spacial score (nSPS) is 17.2. The molecule has 7 heteroatoms. The van der Waals surface area contributed by atoms with Crippen molar-refractivity contribution in [2.24, 2.45) is 5.92 Å². The Morgan fingerprint density at radius 3 is 2.76 bits per heavy atom. The lowest BCUT2D eigenvalue weighted by Gasteiger charge is -2.33. The molecule has 1 aliphatic heterocycles. The third-order valence-corrected chi connectivity index (χ3v) is 5.70. The van der Waals surface area contributed by atoms with Crippen LogP contribution in [-0.4, -0.2) is 45.1 Å². The molecule has 0 aliphatic carbocycles. The first-order chi connectivity index (χ1) is 13.8. The van der Waals surface area contributed by atoms with E-state index in [1.807, 2.05) is 37.3 Å². The number of nitrogens with zero attached hydrogens (tertiary/aromatic N) is 1. The van der Waals surface area contributed by atoms with Gasteiger partial charge in [-0.2, -0.15) is 0 Å². The molecule has 1 heterocycles. The Kier molecular flexibility index (Phi) is 6.92. The molecular formula is C22H28N2O4S. The number of hydrogen-bond acceptors (Lipinski definition) is 4. The van der Waals surface area contributed by atoms with E-state index in [1.54, 1.807) is 17.0 Å². The molecule has 29 heavy (non-hydrogen) atoms. The van der Waals surface area contributed by atoms with Gasteiger partial charge < -0.3 is 9.64 Å². The number of hydrogen-bond donors (Lipinski definition) is 1. The van der Waals surface area contributed by atoms with Crippen LogP contribution < -0.4 is 9.46 Å². The maximum Gasteiger partial charge on any atom is 0.253 e. The number of ether oxygens (including phenoxy) is 1. The maximum atomic E-state index is 12.9. The highest BCUT2D eigenvalue weighted by molar-refractivity contribution is 7.88. The average molecular weight is 417 g/mol. The lowest BCUT2D eigenvalue weighted by Crippen LogP contribution is -2.43. The minimum absolute atomic E-state index is 0.0462. The van der Waals surface area contributed by atoms with Gasteiger partial charge in [-0.05, 0) is 49.4 Å². The van der Waals surface area contributed by atoms with Crippen molar-refractivity contribution in [2.75, 3.05) is 25.9 Å². The Hall–Kier alpha value is -2.38. The fraction of sp³-hybridized carbons (Fsp3) is 0.409. The number of sulfonamides is 1. The fourth-order valence-corrected chi connectivity index (χ4v) is 4.09. The highest BCUT2D eigenvalue weighted by atomic mass is 32.2. The van der Waals surface area contributed by atoms with Crippen molar-refractivity contribution in [3.63, 3.8) is 0 Å². The van der Waals surface area contributed by atoms with Crippen LogP contribution >= 0.6 is 0 Å². The minimum atomic E-state index is -3.22. The Balaban J connectivity index is 1.61. The lowest BCUT2D eigenvalue weighted by molar-refractivity contribution is 0.0676. The van der Waals surface area contributed by atoms with Crippen LogP contribution in [-0.2, 0) is 16.6 Å². The van der Waals surface area contributed by atoms with Gasteiger partial charge in [0.15, 0.2) is 0 Å². The van der Waals surface area contributed by atoms with E-state index in [2.05, 4.69) is 10.8 Å². The van der Waals surface area contributed by atoms with Gasteiger partial charge in [0.2, 0.25) is 10.0 Å². The summed E-state index contributed by atoms with van der Waals surface area (Å²) >= 11 is 0. The number of nitrogens with one attached hydrogen (secondary N) is 1. The molecule has 1 saturated heterocycles. The van der Waals surface area contributed by atoms with Crippen LogP contribution in [0.3, 0.4) is 0 Å². The maximum absolute atomic E-state index is 12.9. The first-order valence-electron chi connectivity index (χ1n) is 9.82. The summed E-state index contributed by atoms with van der Waals surface area (Å²) in [5.41, 5.74) is 2.85. The monoisotopic (exact) mass is 416 g/mol. The van der Waals surface area contributed by atoms with E-state index in [0.29, 0.717) is 37.6 Å². The third-order valence-electron chi connectivity index (χ3n) is 5.01. The summed E-state index contributed by atoms with van der Waals surface area (Å²) in [5.74, 6) is 0.739. The molecule has 0 spiro atoms. The van der Waals surface area contributed by atoms with Crippen molar-refractivity contribution >= 4 is 15.9 Å². The summed E-state index contributed by atoms with van der Waals surface area (Å²) < 4.78 is 31.1. The average Bonchev–Trinajstić information content (AvgIpc) is 2.70. The first kappa shape index (κ1) is 21.3. The van der Waals surface area contributed by atoms with Gasteiger partial charge in [-0.15, -0.1) is 0 Å². The van der Waals surface area contributed by atoms with Gasteiger partial charge >= 0.3 is 0 Å². The molecule has 0 bridgehead atoms. The van der Waals surface area contributed by atoms with Crippen molar-refractivity contribution in [3.05, 3.63) is 65.2 Å². The van der Waals surface area contributed by atoms with Gasteiger partial charge in [-0.25, -0.2) is 13.1 Å². The Morgan fingerprint density at radius 2 is 2.00 bits per heavy atom. The zero-order valence-electron chi connectivity index (χ0n) is 16.9. The SMILES string of the molecule is Cc1cccc(COc2cccc(C(=O)N3CCCC(CNS(C)(=O)=O)C3)c2)c1. The number of aryl methyl sites for hydroxylation is 1. The molecule has 6 nitrogen and oxygen atoms in total. The summed E-state index contributed by atoms with van der Waals surface area (Å²) in [5, 5.41) is 0. The molecule has 2 aromatic rings. The number of carbonyl (C=O) groups is 1. The molecule has 2 aromatic carbocycles. The van der Waals surface area contributed by atoms with Crippen molar-refractivity contribution < 1.29 is 17.9 Å². The molecule has 0 radical (unpaired) electrons. The Labute approximate surface area is 172 Å². The molecule has 1 atom stereocenters. The van der Waals surface area contributed by atoms with Crippen LogP contribution in [0.2, 0.25) is 0 Å². The summed E-state index contributed by atoms with van der Waals surface area (Å²) in [7, 11) is -3.22. The molecule has 1 amide bonds. The number of rotatable bonds is 7. The zero-order valence-corrected chi connectivity index (χ0v) is 17.7. The summed E-state index contributed by atoms with van der Waals surface area (Å²) in [6.07, 6.45) is 2.93. The Bertz CT molecular complexity index is 959. The van der Waals surface area contributed by atoms with E-state index in [-0.39, 0.29) is 11.8 Å².